The van der Waals surface area contributed by atoms with Gasteiger partial charge in [0.2, 0.25) is 0 Å². The third-order valence-electron chi connectivity index (χ3n) is 11.2. The summed E-state index contributed by atoms with van der Waals surface area (Å²) in [6, 6.07) is 0. The van der Waals surface area contributed by atoms with Crippen molar-refractivity contribution in [3.63, 3.8) is 0 Å². The number of aliphatic hydroxyl groups is 7. The molecule has 4 saturated carbocycles. The van der Waals surface area contributed by atoms with Crippen molar-refractivity contribution in [3.8, 4) is 0 Å². The van der Waals surface area contributed by atoms with E-state index >= 15 is 0 Å². The Kier molecular flexibility index (Phi) is 7.27. The van der Waals surface area contributed by atoms with E-state index in [1.54, 1.807) is 0 Å². The van der Waals surface area contributed by atoms with E-state index in [9.17, 15) is 35.7 Å². The first kappa shape index (κ1) is 26.8. The van der Waals surface area contributed by atoms with Crippen LogP contribution in [0.5, 0.6) is 0 Å². The summed E-state index contributed by atoms with van der Waals surface area (Å²) in [6.07, 6.45) is 0.370. The van der Waals surface area contributed by atoms with Crippen LogP contribution in [0, 0.1) is 46.3 Å². The Morgan fingerprint density at radius 2 is 1.50 bits per heavy atom. The minimum atomic E-state index is -1.71. The SMILES string of the molecule is C[C@H](CO)CCC[C@@H](C)[C@H]1[C@@H](O)[C@H](O)C2[C@@]3(O)C(CC[C@@]21C)[C@@]1(C)CC[C@H](O)CC1[C@H](O)[C@H]3O. The summed E-state index contributed by atoms with van der Waals surface area (Å²) < 4.78 is 0. The second kappa shape index (κ2) is 9.23. The zero-order valence-corrected chi connectivity index (χ0v) is 21.3. The van der Waals surface area contributed by atoms with Gasteiger partial charge in [0.25, 0.3) is 0 Å². The van der Waals surface area contributed by atoms with E-state index < -0.39 is 52.9 Å². The standard InChI is InChI=1S/C27H48O7/c1-14(13-28)6-5-7-15(2)19-21(31)22(32)23-26(19,4)11-9-18-25(3)10-8-16(29)12-17(25)20(30)24(33)27(18,23)34/h14-24,28-34H,5-13H2,1-4H3/t14-,15+,16-,17?,18?,19-,20-,21+,22-,23?,24+,25-,26+,27-/m0/s1. The van der Waals surface area contributed by atoms with E-state index in [-0.39, 0.29) is 36.2 Å². The van der Waals surface area contributed by atoms with Crippen molar-refractivity contribution in [1.29, 1.82) is 0 Å². The van der Waals surface area contributed by atoms with Crippen LogP contribution in [0.1, 0.15) is 79.1 Å². The molecule has 4 rings (SSSR count). The summed E-state index contributed by atoms with van der Waals surface area (Å²) in [4.78, 5) is 0. The van der Waals surface area contributed by atoms with Crippen LogP contribution in [0.3, 0.4) is 0 Å². The molecule has 0 saturated heterocycles. The molecule has 0 bridgehead atoms. The smallest absolute Gasteiger partial charge is 0.109 e. The molecular formula is C27H48O7. The first-order valence-electron chi connectivity index (χ1n) is 13.6. The highest BCUT2D eigenvalue weighted by Gasteiger charge is 2.75. The molecule has 0 aromatic heterocycles. The number of rotatable bonds is 6. The Balaban J connectivity index is 1.66. The minimum absolute atomic E-state index is 0.101. The van der Waals surface area contributed by atoms with E-state index in [0.29, 0.717) is 25.7 Å². The van der Waals surface area contributed by atoms with Crippen molar-refractivity contribution in [2.75, 3.05) is 6.61 Å². The van der Waals surface area contributed by atoms with Crippen LogP contribution in [-0.2, 0) is 0 Å². The summed E-state index contributed by atoms with van der Waals surface area (Å²) >= 11 is 0. The molecule has 198 valence electrons. The van der Waals surface area contributed by atoms with Gasteiger partial charge in [-0.05, 0) is 78.9 Å². The van der Waals surface area contributed by atoms with Gasteiger partial charge in [-0.1, -0.05) is 40.5 Å². The third-order valence-corrected chi connectivity index (χ3v) is 11.2. The molecule has 4 aliphatic carbocycles. The van der Waals surface area contributed by atoms with Crippen LogP contribution < -0.4 is 0 Å². The first-order valence-corrected chi connectivity index (χ1v) is 13.6. The van der Waals surface area contributed by atoms with Crippen molar-refractivity contribution >= 4 is 0 Å². The molecule has 0 aliphatic heterocycles. The molecule has 7 nitrogen and oxygen atoms in total. The highest BCUT2D eigenvalue weighted by Crippen LogP contribution is 2.69. The predicted octanol–water partition coefficient (Wildman–Crippen LogP) is 1.44. The lowest BCUT2D eigenvalue weighted by Gasteiger charge is -2.67. The van der Waals surface area contributed by atoms with Crippen molar-refractivity contribution < 1.29 is 35.7 Å². The van der Waals surface area contributed by atoms with Gasteiger partial charge in [-0.3, -0.25) is 0 Å². The zero-order chi connectivity index (χ0) is 25.2. The molecule has 0 heterocycles. The maximum absolute atomic E-state index is 12.3. The van der Waals surface area contributed by atoms with Crippen molar-refractivity contribution in [2.45, 2.75) is 115 Å². The van der Waals surface area contributed by atoms with Crippen LogP contribution in [0.15, 0.2) is 0 Å². The number of hydrogen-bond donors (Lipinski definition) is 7. The molecule has 14 atom stereocenters. The van der Waals surface area contributed by atoms with Crippen LogP contribution in [0.25, 0.3) is 0 Å². The molecule has 0 amide bonds. The van der Waals surface area contributed by atoms with E-state index in [4.69, 9.17) is 0 Å². The molecule has 0 aromatic rings. The van der Waals surface area contributed by atoms with Gasteiger partial charge >= 0.3 is 0 Å². The van der Waals surface area contributed by atoms with Crippen LogP contribution >= 0.6 is 0 Å². The summed E-state index contributed by atoms with van der Waals surface area (Å²) in [7, 11) is 0. The molecule has 0 aromatic carbocycles. The number of hydrogen-bond acceptors (Lipinski definition) is 7. The third kappa shape index (κ3) is 3.72. The van der Waals surface area contributed by atoms with Gasteiger partial charge in [0.1, 0.15) is 11.7 Å². The lowest BCUT2D eigenvalue weighted by atomic mass is 9.41. The summed E-state index contributed by atoms with van der Waals surface area (Å²) in [5, 5.41) is 77.2. The lowest BCUT2D eigenvalue weighted by Crippen LogP contribution is -2.75. The maximum atomic E-state index is 12.3. The topological polar surface area (TPSA) is 142 Å². The molecule has 4 fully saturated rings. The van der Waals surface area contributed by atoms with E-state index in [1.807, 2.05) is 13.8 Å². The molecule has 3 unspecified atom stereocenters. The second-order valence-corrected chi connectivity index (χ2v) is 13.1. The van der Waals surface area contributed by atoms with Gasteiger partial charge in [-0.2, -0.15) is 0 Å². The van der Waals surface area contributed by atoms with Crippen LogP contribution in [-0.4, -0.2) is 78.5 Å². The normalized spacial score (nSPS) is 54.6. The fraction of sp³-hybridized carbons (Fsp3) is 1.00. The number of fused-ring (bicyclic) bond motifs is 5. The van der Waals surface area contributed by atoms with Gasteiger partial charge < -0.3 is 35.7 Å². The van der Waals surface area contributed by atoms with Crippen LogP contribution in [0.2, 0.25) is 0 Å². The van der Waals surface area contributed by atoms with Gasteiger partial charge in [-0.15, -0.1) is 0 Å². The average molecular weight is 485 g/mol. The Hall–Kier alpha value is -0.280. The average Bonchev–Trinajstić information content (AvgIpc) is 2.99. The Bertz CT molecular complexity index is 734. The molecule has 7 heteroatoms. The fourth-order valence-corrected chi connectivity index (χ4v) is 9.52. The molecular weight excluding hydrogens is 436 g/mol. The van der Waals surface area contributed by atoms with E-state index in [2.05, 4.69) is 13.8 Å². The monoisotopic (exact) mass is 484 g/mol. The highest BCUT2D eigenvalue weighted by atomic mass is 16.4. The fourth-order valence-electron chi connectivity index (χ4n) is 9.52. The molecule has 0 radical (unpaired) electrons. The minimum Gasteiger partial charge on any atom is -0.396 e. The predicted molar refractivity (Wildman–Crippen MR) is 128 cm³/mol. The van der Waals surface area contributed by atoms with Gasteiger partial charge in [0.05, 0.1) is 24.4 Å². The molecule has 7 N–H and O–H groups in total. The highest BCUT2D eigenvalue weighted by molar-refractivity contribution is 5.24. The molecule has 34 heavy (non-hydrogen) atoms. The molecule has 4 aliphatic rings. The largest absolute Gasteiger partial charge is 0.396 e. The zero-order valence-electron chi connectivity index (χ0n) is 21.3. The summed E-state index contributed by atoms with van der Waals surface area (Å²) in [6.45, 7) is 8.38. The van der Waals surface area contributed by atoms with Crippen molar-refractivity contribution in [3.05, 3.63) is 0 Å². The summed E-state index contributed by atoms with van der Waals surface area (Å²) in [5.41, 5.74) is -2.74. The van der Waals surface area contributed by atoms with E-state index in [0.717, 1.165) is 25.7 Å². The second-order valence-electron chi connectivity index (χ2n) is 13.1. The van der Waals surface area contributed by atoms with Gasteiger partial charge in [0, 0.05) is 12.5 Å². The number of aliphatic hydroxyl groups excluding tert-OH is 6. The first-order chi connectivity index (χ1) is 15.8. The Morgan fingerprint density at radius 1 is 0.853 bits per heavy atom. The molecule has 0 spiro atoms. The van der Waals surface area contributed by atoms with Crippen molar-refractivity contribution in [1.82, 2.24) is 0 Å². The lowest BCUT2D eigenvalue weighted by molar-refractivity contribution is -0.309. The van der Waals surface area contributed by atoms with Gasteiger partial charge in [0.15, 0.2) is 0 Å². The Morgan fingerprint density at radius 3 is 2.15 bits per heavy atom. The quantitative estimate of drug-likeness (QED) is 0.302. The summed E-state index contributed by atoms with van der Waals surface area (Å²) in [5.74, 6) is -1.28. The van der Waals surface area contributed by atoms with Crippen LogP contribution in [0.4, 0.5) is 0 Å². The van der Waals surface area contributed by atoms with E-state index in [1.165, 1.54) is 0 Å². The maximum Gasteiger partial charge on any atom is 0.109 e. The van der Waals surface area contributed by atoms with Gasteiger partial charge in [-0.25, -0.2) is 0 Å². The van der Waals surface area contributed by atoms with Crippen molar-refractivity contribution in [2.24, 2.45) is 46.3 Å². The Labute approximate surface area is 204 Å².